The van der Waals surface area contributed by atoms with E-state index in [4.69, 9.17) is 17.3 Å². The predicted molar refractivity (Wildman–Crippen MR) is 73.8 cm³/mol. The monoisotopic (exact) mass is 260 g/mol. The van der Waals surface area contributed by atoms with Crippen LogP contribution in [0.25, 0.3) is 0 Å². The number of hydrogen-bond acceptors (Lipinski definition) is 2. The lowest BCUT2D eigenvalue weighted by Crippen LogP contribution is -2.24. The highest BCUT2D eigenvalue weighted by atomic mass is 35.5. The van der Waals surface area contributed by atoms with Crippen molar-refractivity contribution >= 4 is 35.4 Å². The number of hydrogen-bond donors (Lipinski definition) is 1. The van der Waals surface area contributed by atoms with Crippen LogP contribution in [0, 0.1) is 0 Å². The van der Waals surface area contributed by atoms with Crippen LogP contribution in [0.1, 0.15) is 25.7 Å². The van der Waals surface area contributed by atoms with Gasteiger partial charge in [0.15, 0.2) is 0 Å². The van der Waals surface area contributed by atoms with Gasteiger partial charge in [0.05, 0.1) is 11.4 Å². The molecule has 90 valence electrons. The van der Waals surface area contributed by atoms with Gasteiger partial charge in [0.2, 0.25) is 0 Å². The van der Waals surface area contributed by atoms with E-state index in [2.05, 4.69) is 4.90 Å². The minimum atomic E-state index is 0. The van der Waals surface area contributed by atoms with Gasteiger partial charge in [-0.25, -0.2) is 0 Å². The van der Waals surface area contributed by atoms with Gasteiger partial charge in [-0.3, -0.25) is 0 Å². The summed E-state index contributed by atoms with van der Waals surface area (Å²) in [6.45, 7) is 2.23. The highest BCUT2D eigenvalue weighted by Gasteiger charge is 2.12. The Morgan fingerprint density at radius 3 is 2.25 bits per heavy atom. The number of nitrogen functional groups attached to an aromatic ring is 1. The quantitative estimate of drug-likeness (QED) is 0.780. The van der Waals surface area contributed by atoms with Crippen molar-refractivity contribution in [3.8, 4) is 0 Å². The largest absolute Gasteiger partial charge is 0.397 e. The maximum Gasteiger partial charge on any atom is 0.0600 e. The van der Waals surface area contributed by atoms with Gasteiger partial charge in [-0.05, 0) is 31.0 Å². The van der Waals surface area contributed by atoms with Crippen molar-refractivity contribution in [2.24, 2.45) is 0 Å². The highest BCUT2D eigenvalue weighted by molar-refractivity contribution is 6.31. The van der Waals surface area contributed by atoms with Gasteiger partial charge in [0.1, 0.15) is 0 Å². The molecule has 1 saturated heterocycles. The fourth-order valence-corrected chi connectivity index (χ4v) is 2.31. The van der Waals surface area contributed by atoms with Gasteiger partial charge in [-0.2, -0.15) is 0 Å². The Bertz CT molecular complexity index is 334. The molecule has 4 heteroatoms. The van der Waals surface area contributed by atoms with Gasteiger partial charge >= 0.3 is 0 Å². The van der Waals surface area contributed by atoms with Gasteiger partial charge < -0.3 is 10.6 Å². The minimum absolute atomic E-state index is 0. The molecule has 1 aromatic carbocycles. The molecule has 0 bridgehead atoms. The number of nitrogens with zero attached hydrogens (tertiary/aromatic N) is 1. The van der Waals surface area contributed by atoms with E-state index >= 15 is 0 Å². The maximum absolute atomic E-state index is 5.98. The molecule has 1 aliphatic rings. The average Bonchev–Trinajstić information content (AvgIpc) is 2.46. The van der Waals surface area contributed by atoms with Gasteiger partial charge in [0, 0.05) is 18.1 Å². The summed E-state index contributed by atoms with van der Waals surface area (Å²) in [6.07, 6.45) is 5.21. The predicted octanol–water partition coefficient (Wildman–Crippen LogP) is 3.72. The van der Waals surface area contributed by atoms with Gasteiger partial charge in [-0.1, -0.05) is 24.4 Å². The van der Waals surface area contributed by atoms with Crippen molar-refractivity contribution < 1.29 is 0 Å². The SMILES string of the molecule is Cl.Nc1cc(Cl)ccc1N1CCCCCC1. The molecule has 2 N–H and O–H groups in total. The normalized spacial score (nSPS) is 16.4. The molecule has 0 amide bonds. The molecular formula is C12H18Cl2N2. The first-order valence-corrected chi connectivity index (χ1v) is 5.95. The average molecular weight is 261 g/mol. The third kappa shape index (κ3) is 3.19. The first kappa shape index (κ1) is 13.5. The van der Waals surface area contributed by atoms with Gasteiger partial charge in [0.25, 0.3) is 0 Å². The molecule has 0 atom stereocenters. The van der Waals surface area contributed by atoms with Gasteiger partial charge in [-0.15, -0.1) is 12.4 Å². The first-order valence-electron chi connectivity index (χ1n) is 5.57. The molecule has 1 aromatic rings. The van der Waals surface area contributed by atoms with Crippen LogP contribution in [0.4, 0.5) is 11.4 Å². The molecule has 0 radical (unpaired) electrons. The molecule has 1 aliphatic heterocycles. The minimum Gasteiger partial charge on any atom is -0.397 e. The molecule has 16 heavy (non-hydrogen) atoms. The third-order valence-corrected chi connectivity index (χ3v) is 3.17. The molecule has 1 heterocycles. The van der Waals surface area contributed by atoms with Crippen molar-refractivity contribution in [2.45, 2.75) is 25.7 Å². The zero-order chi connectivity index (χ0) is 10.7. The molecule has 0 aromatic heterocycles. The Hall–Kier alpha value is -0.600. The lowest BCUT2D eigenvalue weighted by atomic mass is 10.2. The summed E-state index contributed by atoms with van der Waals surface area (Å²) >= 11 is 5.89. The van der Waals surface area contributed by atoms with Crippen LogP contribution < -0.4 is 10.6 Å². The van der Waals surface area contributed by atoms with E-state index in [1.165, 1.54) is 25.7 Å². The third-order valence-electron chi connectivity index (χ3n) is 2.94. The summed E-state index contributed by atoms with van der Waals surface area (Å²) in [7, 11) is 0. The summed E-state index contributed by atoms with van der Waals surface area (Å²) < 4.78 is 0. The van der Waals surface area contributed by atoms with Crippen LogP contribution in [0.3, 0.4) is 0 Å². The van der Waals surface area contributed by atoms with E-state index in [1.54, 1.807) is 0 Å². The Morgan fingerprint density at radius 1 is 1.06 bits per heavy atom. The highest BCUT2D eigenvalue weighted by Crippen LogP contribution is 2.28. The fourth-order valence-electron chi connectivity index (χ4n) is 2.12. The topological polar surface area (TPSA) is 29.3 Å². The lowest BCUT2D eigenvalue weighted by Gasteiger charge is -2.24. The van der Waals surface area contributed by atoms with E-state index in [1.807, 2.05) is 18.2 Å². The van der Waals surface area contributed by atoms with E-state index in [-0.39, 0.29) is 12.4 Å². The second kappa shape index (κ2) is 6.21. The Kier molecular flexibility index (Phi) is 5.23. The number of rotatable bonds is 1. The standard InChI is InChI=1S/C12H17ClN2.ClH/c13-10-5-6-12(11(14)9-10)15-7-3-1-2-4-8-15;/h5-6,9H,1-4,7-8,14H2;1H. The Balaban J connectivity index is 0.00000128. The van der Waals surface area contributed by atoms with Crippen molar-refractivity contribution in [1.29, 1.82) is 0 Å². The fraction of sp³-hybridized carbons (Fsp3) is 0.500. The molecule has 0 saturated carbocycles. The molecule has 0 aliphatic carbocycles. The second-order valence-corrected chi connectivity index (χ2v) is 4.54. The zero-order valence-corrected chi connectivity index (χ0v) is 10.9. The number of anilines is 2. The number of benzene rings is 1. The van der Waals surface area contributed by atoms with Crippen LogP contribution in [0.5, 0.6) is 0 Å². The zero-order valence-electron chi connectivity index (χ0n) is 9.29. The molecule has 1 fully saturated rings. The van der Waals surface area contributed by atoms with E-state index in [9.17, 15) is 0 Å². The van der Waals surface area contributed by atoms with Crippen molar-refractivity contribution in [1.82, 2.24) is 0 Å². The van der Waals surface area contributed by atoms with E-state index in [0.717, 1.165) is 24.5 Å². The summed E-state index contributed by atoms with van der Waals surface area (Å²) in [6, 6.07) is 5.78. The number of halogens is 2. The molecule has 2 rings (SSSR count). The molecule has 0 spiro atoms. The molecule has 2 nitrogen and oxygen atoms in total. The van der Waals surface area contributed by atoms with Crippen LogP contribution in [0.15, 0.2) is 18.2 Å². The second-order valence-electron chi connectivity index (χ2n) is 4.10. The van der Waals surface area contributed by atoms with Crippen LogP contribution in [-0.2, 0) is 0 Å². The smallest absolute Gasteiger partial charge is 0.0600 e. The molecule has 0 unspecified atom stereocenters. The van der Waals surface area contributed by atoms with E-state index < -0.39 is 0 Å². The molecular weight excluding hydrogens is 243 g/mol. The summed E-state index contributed by atoms with van der Waals surface area (Å²) in [5, 5.41) is 0.714. The Morgan fingerprint density at radius 2 is 1.69 bits per heavy atom. The van der Waals surface area contributed by atoms with Crippen LogP contribution in [-0.4, -0.2) is 13.1 Å². The van der Waals surface area contributed by atoms with Crippen molar-refractivity contribution in [3.63, 3.8) is 0 Å². The van der Waals surface area contributed by atoms with Crippen LogP contribution >= 0.6 is 24.0 Å². The summed E-state index contributed by atoms with van der Waals surface area (Å²) in [4.78, 5) is 2.37. The first-order chi connectivity index (χ1) is 7.27. The maximum atomic E-state index is 5.98. The Labute approximate surface area is 108 Å². The summed E-state index contributed by atoms with van der Waals surface area (Å²) in [5.41, 5.74) is 7.91. The lowest BCUT2D eigenvalue weighted by molar-refractivity contribution is 0.726. The van der Waals surface area contributed by atoms with E-state index in [0.29, 0.717) is 5.02 Å². The van der Waals surface area contributed by atoms with Crippen LogP contribution in [0.2, 0.25) is 5.02 Å². The summed E-state index contributed by atoms with van der Waals surface area (Å²) in [5.74, 6) is 0. The number of nitrogens with two attached hydrogens (primary N) is 1. The van der Waals surface area contributed by atoms with Crippen molar-refractivity contribution in [2.75, 3.05) is 23.7 Å². The van der Waals surface area contributed by atoms with Crippen molar-refractivity contribution in [3.05, 3.63) is 23.2 Å².